The summed E-state index contributed by atoms with van der Waals surface area (Å²) in [4.78, 5) is 47.3. The molecule has 12 heteroatoms. The second kappa shape index (κ2) is 11.8. The Balaban J connectivity index is 1.34. The summed E-state index contributed by atoms with van der Waals surface area (Å²) in [5.41, 5.74) is 13.0. The van der Waals surface area contributed by atoms with Gasteiger partial charge in [0.1, 0.15) is 11.9 Å². The van der Waals surface area contributed by atoms with Crippen molar-refractivity contribution >= 4 is 17.8 Å². The van der Waals surface area contributed by atoms with Crippen molar-refractivity contribution in [2.75, 3.05) is 44.6 Å². The third-order valence-electron chi connectivity index (χ3n) is 7.01. The molecular weight excluding hydrogens is 476 g/mol. The number of hydrogen-bond acceptors (Lipinski definition) is 8. The molecule has 0 aliphatic carbocycles. The monoisotopic (exact) mass is 512 g/mol. The first kappa shape index (κ1) is 26.7. The summed E-state index contributed by atoms with van der Waals surface area (Å²) in [5.74, 6) is -0.192. The van der Waals surface area contributed by atoms with Crippen LogP contribution in [-0.2, 0) is 11.3 Å². The van der Waals surface area contributed by atoms with Crippen molar-refractivity contribution in [3.63, 3.8) is 0 Å². The number of piperazine rings is 1. The second-order valence-corrected chi connectivity index (χ2v) is 9.79. The first-order chi connectivity index (χ1) is 17.7. The zero-order valence-corrected chi connectivity index (χ0v) is 21.1. The molecule has 2 atom stereocenters. The van der Waals surface area contributed by atoms with Crippen molar-refractivity contribution < 1.29 is 14.7 Å². The first-order valence-corrected chi connectivity index (χ1v) is 12.6. The molecule has 0 spiro atoms. The largest absolute Gasteiger partial charge is 0.394 e. The number of benzene rings is 1. The van der Waals surface area contributed by atoms with Gasteiger partial charge in [-0.15, -0.1) is 0 Å². The van der Waals surface area contributed by atoms with Gasteiger partial charge in [-0.25, -0.2) is 9.59 Å². The molecule has 2 fully saturated rings. The average molecular weight is 513 g/mol. The summed E-state index contributed by atoms with van der Waals surface area (Å²) in [5, 5.41) is 11.8. The third kappa shape index (κ3) is 6.52. The van der Waals surface area contributed by atoms with E-state index in [1.165, 1.54) is 10.1 Å². The lowest BCUT2D eigenvalue weighted by Gasteiger charge is -2.40. The van der Waals surface area contributed by atoms with Crippen LogP contribution in [0.4, 0.5) is 10.6 Å². The van der Waals surface area contributed by atoms with Crippen molar-refractivity contribution in [3.8, 4) is 5.69 Å². The number of carbonyl (C=O) groups is 2. The van der Waals surface area contributed by atoms with Gasteiger partial charge in [-0.1, -0.05) is 12.1 Å². The van der Waals surface area contributed by atoms with Crippen molar-refractivity contribution in [3.05, 3.63) is 52.6 Å². The first-order valence-electron chi connectivity index (χ1n) is 12.6. The molecule has 4 rings (SSSR count). The van der Waals surface area contributed by atoms with E-state index in [2.05, 4.69) is 15.2 Å². The number of carbonyl (C=O) groups excluding carboxylic acids is 2. The average Bonchev–Trinajstić information content (AvgIpc) is 2.89. The highest BCUT2D eigenvalue weighted by atomic mass is 16.3. The fourth-order valence-electron chi connectivity index (χ4n) is 4.75. The van der Waals surface area contributed by atoms with E-state index in [9.17, 15) is 14.4 Å². The third-order valence-corrected chi connectivity index (χ3v) is 7.01. The Labute approximate surface area is 215 Å². The molecule has 12 nitrogen and oxygen atoms in total. The van der Waals surface area contributed by atoms with Crippen molar-refractivity contribution in [1.29, 1.82) is 0 Å². The van der Waals surface area contributed by atoms with Crippen molar-refractivity contribution in [2.45, 2.75) is 44.4 Å². The number of aliphatic hydroxyl groups is 1. The Morgan fingerprint density at radius 1 is 1.14 bits per heavy atom. The molecule has 2 aliphatic heterocycles. The molecule has 0 radical (unpaired) electrons. The maximum Gasteiger partial charge on any atom is 0.354 e. The normalized spacial score (nSPS) is 20.1. The molecule has 0 saturated carbocycles. The highest BCUT2D eigenvalue weighted by molar-refractivity contribution is 5.89. The Kier molecular flexibility index (Phi) is 8.54. The SMILES string of the molecule is CC1CN(C(=O)C(N)CO)CCN1C(=O)Nc1ccn(-c2ccc(CN3CCC(N)CC3)cc2)c(=O)n1. The van der Waals surface area contributed by atoms with Crippen LogP contribution in [-0.4, -0.2) is 98.8 Å². The van der Waals surface area contributed by atoms with E-state index in [4.69, 9.17) is 16.6 Å². The van der Waals surface area contributed by atoms with Gasteiger partial charge in [0.2, 0.25) is 5.91 Å². The van der Waals surface area contributed by atoms with E-state index in [1.807, 2.05) is 31.2 Å². The predicted molar refractivity (Wildman–Crippen MR) is 139 cm³/mol. The standard InChI is InChI=1S/C25H36N8O4/c1-17-14-31(23(35)21(27)16-34)12-13-32(17)24(36)28-22-8-11-33(25(37)29-22)20-4-2-18(3-5-20)15-30-9-6-19(26)7-10-30/h2-5,8,11,17,19,21,34H,6-7,9-10,12-16,26-27H2,1H3,(H,28,29,36,37). The lowest BCUT2D eigenvalue weighted by Crippen LogP contribution is -2.59. The van der Waals surface area contributed by atoms with Crippen LogP contribution in [0.3, 0.4) is 0 Å². The van der Waals surface area contributed by atoms with Crippen molar-refractivity contribution in [2.24, 2.45) is 11.5 Å². The molecule has 37 heavy (non-hydrogen) atoms. The Morgan fingerprint density at radius 2 is 1.84 bits per heavy atom. The number of piperidine rings is 1. The Morgan fingerprint density at radius 3 is 2.46 bits per heavy atom. The van der Waals surface area contributed by atoms with Gasteiger partial charge in [-0.05, 0) is 56.6 Å². The molecule has 0 bridgehead atoms. The van der Waals surface area contributed by atoms with Crippen LogP contribution >= 0.6 is 0 Å². The number of nitrogens with one attached hydrogen (secondary N) is 1. The minimum Gasteiger partial charge on any atom is -0.394 e. The Hall–Kier alpha value is -3.32. The maximum absolute atomic E-state index is 12.8. The van der Waals surface area contributed by atoms with Gasteiger partial charge < -0.3 is 26.4 Å². The molecule has 2 aliphatic rings. The van der Waals surface area contributed by atoms with E-state index in [-0.39, 0.29) is 17.8 Å². The number of aromatic nitrogens is 2. The molecule has 2 unspecified atom stereocenters. The van der Waals surface area contributed by atoms with Crippen molar-refractivity contribution in [1.82, 2.24) is 24.3 Å². The van der Waals surface area contributed by atoms with Gasteiger partial charge in [0.15, 0.2) is 0 Å². The molecule has 3 amide bonds. The molecule has 1 aromatic heterocycles. The topological polar surface area (TPSA) is 163 Å². The lowest BCUT2D eigenvalue weighted by atomic mass is 10.1. The predicted octanol–water partition coefficient (Wildman–Crippen LogP) is -0.460. The number of nitrogens with two attached hydrogens (primary N) is 2. The molecule has 2 saturated heterocycles. The van der Waals surface area contributed by atoms with E-state index < -0.39 is 24.4 Å². The van der Waals surface area contributed by atoms with E-state index in [1.54, 1.807) is 22.1 Å². The number of nitrogens with zero attached hydrogens (tertiary/aromatic N) is 5. The number of likely N-dealkylation sites (tertiary alicyclic amines) is 1. The maximum atomic E-state index is 12.8. The summed E-state index contributed by atoms with van der Waals surface area (Å²) in [6.45, 7) is 5.12. The Bertz CT molecular complexity index is 1150. The molecule has 1 aromatic carbocycles. The fraction of sp³-hybridized carbons (Fsp3) is 0.520. The second-order valence-electron chi connectivity index (χ2n) is 9.79. The van der Waals surface area contributed by atoms with Gasteiger partial charge in [-0.2, -0.15) is 4.98 Å². The molecule has 2 aromatic rings. The van der Waals surface area contributed by atoms with Crippen LogP contribution in [0, 0.1) is 0 Å². The molecular formula is C25H36N8O4. The summed E-state index contributed by atoms with van der Waals surface area (Å²) >= 11 is 0. The minimum atomic E-state index is -0.964. The minimum absolute atomic E-state index is 0.152. The van der Waals surface area contributed by atoms with Crippen LogP contribution in [0.1, 0.15) is 25.3 Å². The number of amides is 3. The number of anilines is 1. The van der Waals surface area contributed by atoms with E-state index in [0.717, 1.165) is 32.5 Å². The lowest BCUT2D eigenvalue weighted by molar-refractivity contribution is -0.135. The fourth-order valence-corrected chi connectivity index (χ4v) is 4.75. The zero-order chi connectivity index (χ0) is 26.5. The van der Waals surface area contributed by atoms with Crippen LogP contribution in [0.15, 0.2) is 41.3 Å². The number of rotatable bonds is 6. The van der Waals surface area contributed by atoms with Crippen LogP contribution in [0.25, 0.3) is 5.69 Å². The highest BCUT2D eigenvalue weighted by Gasteiger charge is 2.31. The summed E-state index contributed by atoms with van der Waals surface area (Å²) in [6.07, 6.45) is 3.61. The summed E-state index contributed by atoms with van der Waals surface area (Å²) in [7, 11) is 0. The van der Waals surface area contributed by atoms with Crippen LogP contribution < -0.4 is 22.5 Å². The van der Waals surface area contributed by atoms with Crippen LogP contribution in [0.5, 0.6) is 0 Å². The van der Waals surface area contributed by atoms with Gasteiger partial charge in [0.25, 0.3) is 0 Å². The quantitative estimate of drug-likeness (QED) is 0.404. The molecule has 3 heterocycles. The zero-order valence-electron chi connectivity index (χ0n) is 21.1. The van der Waals surface area contributed by atoms with Gasteiger partial charge in [0, 0.05) is 44.5 Å². The number of hydrogen-bond donors (Lipinski definition) is 4. The summed E-state index contributed by atoms with van der Waals surface area (Å²) in [6, 6.07) is 8.02. The van der Waals surface area contributed by atoms with E-state index in [0.29, 0.717) is 31.4 Å². The molecule has 6 N–H and O–H groups in total. The summed E-state index contributed by atoms with van der Waals surface area (Å²) < 4.78 is 1.43. The van der Waals surface area contributed by atoms with Crippen LogP contribution in [0.2, 0.25) is 0 Å². The highest BCUT2D eigenvalue weighted by Crippen LogP contribution is 2.16. The van der Waals surface area contributed by atoms with Gasteiger partial charge in [0.05, 0.1) is 12.3 Å². The van der Waals surface area contributed by atoms with Gasteiger partial charge >= 0.3 is 11.7 Å². The van der Waals surface area contributed by atoms with Gasteiger partial charge in [-0.3, -0.25) is 19.6 Å². The number of urea groups is 1. The van der Waals surface area contributed by atoms with E-state index >= 15 is 0 Å². The number of aliphatic hydroxyl groups excluding tert-OH is 1. The molecule has 200 valence electrons. The smallest absolute Gasteiger partial charge is 0.354 e.